The van der Waals surface area contributed by atoms with E-state index in [1.165, 1.54) is 0 Å². The highest BCUT2D eigenvalue weighted by atomic mass is 35.5. The number of rotatable bonds is 4. The maximum Gasteiger partial charge on any atom is 0.338 e. The number of carbonyl (C=O) groups excluding carboxylic acids is 1. The van der Waals surface area contributed by atoms with Gasteiger partial charge in [-0.1, -0.05) is 88.9 Å². The maximum atomic E-state index is 12.8. The van der Waals surface area contributed by atoms with E-state index >= 15 is 0 Å². The van der Waals surface area contributed by atoms with Gasteiger partial charge in [0.05, 0.1) is 31.2 Å². The van der Waals surface area contributed by atoms with Crippen LogP contribution in [0.5, 0.6) is 0 Å². The summed E-state index contributed by atoms with van der Waals surface area (Å²) in [6, 6.07) is 16.6. The molecule has 0 aliphatic heterocycles. The van der Waals surface area contributed by atoms with Crippen molar-refractivity contribution in [1.82, 2.24) is 0 Å². The van der Waals surface area contributed by atoms with Gasteiger partial charge in [-0.25, -0.2) is 4.79 Å². The van der Waals surface area contributed by atoms with E-state index < -0.39 is 17.4 Å². The fourth-order valence-electron chi connectivity index (χ4n) is 2.65. The Bertz CT molecular complexity index is 1080. The third-order valence-corrected chi connectivity index (χ3v) is 5.74. The Labute approximate surface area is 180 Å². The molecule has 3 rings (SSSR count). The zero-order chi connectivity index (χ0) is 20.4. The minimum absolute atomic E-state index is 0.193. The van der Waals surface area contributed by atoms with Gasteiger partial charge in [-0.3, -0.25) is 4.79 Å². The van der Waals surface area contributed by atoms with Crippen molar-refractivity contribution < 1.29 is 14.7 Å². The molecule has 4 nitrogen and oxygen atoms in total. The molecule has 0 atom stereocenters. The number of carboxylic acid groups (broad SMARTS) is 1. The van der Waals surface area contributed by atoms with E-state index in [1.54, 1.807) is 18.2 Å². The van der Waals surface area contributed by atoms with Gasteiger partial charge in [0.1, 0.15) is 0 Å². The van der Waals surface area contributed by atoms with E-state index in [2.05, 4.69) is 5.32 Å². The zero-order valence-electron chi connectivity index (χ0n) is 14.0. The Morgan fingerprint density at radius 1 is 0.714 bits per heavy atom. The van der Waals surface area contributed by atoms with Crippen molar-refractivity contribution >= 4 is 64.0 Å². The number of hydrogen-bond acceptors (Lipinski definition) is 2. The highest BCUT2D eigenvalue weighted by molar-refractivity contribution is 6.54. The van der Waals surface area contributed by atoms with Crippen molar-refractivity contribution in [3.63, 3.8) is 0 Å². The summed E-state index contributed by atoms with van der Waals surface area (Å²) in [6.07, 6.45) is 0. The number of halogens is 4. The number of anilines is 1. The van der Waals surface area contributed by atoms with Crippen LogP contribution in [-0.4, -0.2) is 17.0 Å². The molecule has 2 N–H and O–H groups in total. The van der Waals surface area contributed by atoms with Gasteiger partial charge in [-0.2, -0.15) is 0 Å². The molecule has 0 heterocycles. The second kappa shape index (κ2) is 8.41. The Kier molecular flexibility index (Phi) is 6.16. The highest BCUT2D eigenvalue weighted by Gasteiger charge is 2.28. The fourth-order valence-corrected chi connectivity index (χ4v) is 3.67. The molecular weight excluding hydrogens is 444 g/mol. The molecule has 0 radical (unpaired) electrons. The largest absolute Gasteiger partial charge is 0.478 e. The molecular formula is C20H11Cl4NO3. The average molecular weight is 455 g/mol. The van der Waals surface area contributed by atoms with Crippen LogP contribution in [0.4, 0.5) is 5.69 Å². The van der Waals surface area contributed by atoms with E-state index in [9.17, 15) is 14.7 Å². The minimum atomic E-state index is -1.45. The van der Waals surface area contributed by atoms with Crippen LogP contribution in [-0.2, 0) is 0 Å². The van der Waals surface area contributed by atoms with E-state index in [-0.39, 0.29) is 25.7 Å². The first-order valence-electron chi connectivity index (χ1n) is 7.87. The van der Waals surface area contributed by atoms with Gasteiger partial charge in [0.25, 0.3) is 5.91 Å². The first-order valence-corrected chi connectivity index (χ1v) is 9.38. The lowest BCUT2D eigenvalue weighted by molar-refractivity contribution is 0.0692. The molecule has 0 unspecified atom stereocenters. The summed E-state index contributed by atoms with van der Waals surface area (Å²) in [5.74, 6) is -2.22. The standard InChI is InChI=1S/C20H11Cl4NO3/c21-15-13(14(20(27)28)16(22)18(24)17(15)23)19(26)25-12-8-4-7-11(9-12)10-5-2-1-3-6-10/h1-9H,(H,25,26)(H,27,28). The van der Waals surface area contributed by atoms with Crippen molar-refractivity contribution in [1.29, 1.82) is 0 Å². The molecule has 3 aromatic rings. The third kappa shape index (κ3) is 3.96. The molecule has 8 heteroatoms. The predicted octanol–water partition coefficient (Wildman–Crippen LogP) is 6.92. The summed E-state index contributed by atoms with van der Waals surface area (Å²) in [7, 11) is 0. The van der Waals surface area contributed by atoms with Gasteiger partial charge in [0, 0.05) is 5.69 Å². The molecule has 0 aliphatic carbocycles. The lowest BCUT2D eigenvalue weighted by atomic mass is 10.0. The normalized spacial score (nSPS) is 10.6. The summed E-state index contributed by atoms with van der Waals surface area (Å²) in [4.78, 5) is 24.4. The Hall–Kier alpha value is -2.24. The summed E-state index contributed by atoms with van der Waals surface area (Å²) in [5.41, 5.74) is 1.40. The second-order valence-corrected chi connectivity index (χ2v) is 7.22. The van der Waals surface area contributed by atoms with Gasteiger partial charge in [-0.05, 0) is 23.3 Å². The predicted molar refractivity (Wildman–Crippen MR) is 113 cm³/mol. The van der Waals surface area contributed by atoms with Crippen LogP contribution < -0.4 is 5.32 Å². The topological polar surface area (TPSA) is 66.4 Å². The molecule has 0 fully saturated rings. The summed E-state index contributed by atoms with van der Waals surface area (Å²) in [6.45, 7) is 0. The minimum Gasteiger partial charge on any atom is -0.478 e. The number of carbonyl (C=O) groups is 2. The first kappa shape index (κ1) is 20.5. The molecule has 0 saturated carbocycles. The number of nitrogens with one attached hydrogen (secondary N) is 1. The smallest absolute Gasteiger partial charge is 0.338 e. The van der Waals surface area contributed by atoms with Crippen LogP contribution in [0, 0.1) is 0 Å². The number of amides is 1. The van der Waals surface area contributed by atoms with E-state index in [4.69, 9.17) is 46.4 Å². The Morgan fingerprint density at radius 2 is 1.29 bits per heavy atom. The lowest BCUT2D eigenvalue weighted by Crippen LogP contribution is -2.18. The van der Waals surface area contributed by atoms with Crippen LogP contribution >= 0.6 is 46.4 Å². The third-order valence-electron chi connectivity index (χ3n) is 3.94. The molecule has 142 valence electrons. The summed E-state index contributed by atoms with van der Waals surface area (Å²) >= 11 is 24.0. The average Bonchev–Trinajstić information content (AvgIpc) is 2.69. The van der Waals surface area contributed by atoms with Gasteiger partial charge >= 0.3 is 5.97 Å². The van der Waals surface area contributed by atoms with Crippen LogP contribution in [0.25, 0.3) is 11.1 Å². The Morgan fingerprint density at radius 3 is 1.89 bits per heavy atom. The van der Waals surface area contributed by atoms with Crippen molar-refractivity contribution in [3.05, 3.63) is 85.8 Å². The van der Waals surface area contributed by atoms with Crippen LogP contribution in [0.1, 0.15) is 20.7 Å². The number of carboxylic acids is 1. The first-order chi connectivity index (χ1) is 13.3. The van der Waals surface area contributed by atoms with Gasteiger partial charge in [0.2, 0.25) is 0 Å². The quantitative estimate of drug-likeness (QED) is 0.332. The molecule has 0 aromatic heterocycles. The molecule has 0 saturated heterocycles. The van der Waals surface area contributed by atoms with Gasteiger partial charge in [-0.15, -0.1) is 0 Å². The van der Waals surface area contributed by atoms with Crippen LogP contribution in [0.2, 0.25) is 20.1 Å². The van der Waals surface area contributed by atoms with Crippen LogP contribution in [0.3, 0.4) is 0 Å². The van der Waals surface area contributed by atoms with Crippen molar-refractivity contribution in [2.45, 2.75) is 0 Å². The van der Waals surface area contributed by atoms with E-state index in [0.29, 0.717) is 5.69 Å². The molecule has 3 aromatic carbocycles. The van der Waals surface area contributed by atoms with Crippen LogP contribution in [0.15, 0.2) is 54.6 Å². The van der Waals surface area contributed by atoms with Crippen molar-refractivity contribution in [2.75, 3.05) is 5.32 Å². The molecule has 0 bridgehead atoms. The summed E-state index contributed by atoms with van der Waals surface area (Å²) < 4.78 is 0. The molecule has 28 heavy (non-hydrogen) atoms. The van der Waals surface area contributed by atoms with E-state index in [1.807, 2.05) is 36.4 Å². The summed E-state index contributed by atoms with van der Waals surface area (Å²) in [5, 5.41) is 11.0. The molecule has 1 amide bonds. The fraction of sp³-hybridized carbons (Fsp3) is 0. The van der Waals surface area contributed by atoms with Gasteiger partial charge in [0.15, 0.2) is 0 Å². The SMILES string of the molecule is O=C(O)c1c(Cl)c(Cl)c(Cl)c(Cl)c1C(=O)Nc1cccc(-c2ccccc2)c1. The number of benzene rings is 3. The zero-order valence-corrected chi connectivity index (χ0v) is 17.0. The van der Waals surface area contributed by atoms with E-state index in [0.717, 1.165) is 11.1 Å². The van der Waals surface area contributed by atoms with Crippen molar-refractivity contribution in [3.8, 4) is 11.1 Å². The lowest BCUT2D eigenvalue weighted by Gasteiger charge is -2.14. The second-order valence-electron chi connectivity index (χ2n) is 5.71. The highest BCUT2D eigenvalue weighted by Crippen LogP contribution is 2.41. The molecule has 0 aliphatic rings. The maximum absolute atomic E-state index is 12.8. The van der Waals surface area contributed by atoms with Gasteiger partial charge < -0.3 is 10.4 Å². The number of aromatic carboxylic acids is 1. The Balaban J connectivity index is 2.02. The monoisotopic (exact) mass is 453 g/mol. The van der Waals surface area contributed by atoms with Crippen molar-refractivity contribution in [2.24, 2.45) is 0 Å². The number of hydrogen-bond donors (Lipinski definition) is 2. The molecule has 0 spiro atoms.